The minimum absolute atomic E-state index is 1.16. The lowest BCUT2D eigenvalue weighted by molar-refractivity contribution is 1.32. The maximum absolute atomic E-state index is 4.40. The lowest BCUT2D eigenvalue weighted by Crippen LogP contribution is -2.00. The van der Waals surface area contributed by atoms with Gasteiger partial charge < -0.3 is 0 Å². The maximum Gasteiger partial charge on any atom is 0.0352 e. The quantitative estimate of drug-likeness (QED) is 0.532. The summed E-state index contributed by atoms with van der Waals surface area (Å²) in [5.41, 5.74) is 9.54. The Bertz CT molecular complexity index is 1020. The van der Waals surface area contributed by atoms with E-state index < -0.39 is 0 Å². The standard InChI is InChI=1S/C24H19N/c1-3-9-18-17(4-2)19-10-5-6-12-21(19)23-14-15-25-16-24(23)22-13-8-7-11-20(18)22/h3-16H,2H2,1H3/b9-3-,18-17-,19-17?,20-18?,23-21?,24-22?. The Kier molecular flexibility index (Phi) is 3.91. The number of benzene rings is 2. The molecule has 3 aromatic rings. The molecule has 1 nitrogen and oxygen atoms in total. The summed E-state index contributed by atoms with van der Waals surface area (Å²) >= 11 is 0. The van der Waals surface area contributed by atoms with Gasteiger partial charge in [-0.15, -0.1) is 0 Å². The van der Waals surface area contributed by atoms with Gasteiger partial charge in [-0.3, -0.25) is 4.98 Å². The molecule has 0 atom stereocenters. The van der Waals surface area contributed by atoms with Crippen LogP contribution in [0.3, 0.4) is 0 Å². The first kappa shape index (κ1) is 15.3. The summed E-state index contributed by atoms with van der Waals surface area (Å²) < 4.78 is 0. The third kappa shape index (κ3) is 2.45. The zero-order chi connectivity index (χ0) is 17.2. The Morgan fingerprint density at radius 1 is 0.720 bits per heavy atom. The molecule has 0 amide bonds. The minimum atomic E-state index is 1.16. The molecular formula is C24H19N. The molecule has 0 saturated heterocycles. The molecule has 1 heterocycles. The summed E-state index contributed by atoms with van der Waals surface area (Å²) in [7, 11) is 0. The second-order valence-corrected chi connectivity index (χ2v) is 6.04. The minimum Gasteiger partial charge on any atom is -0.264 e. The Morgan fingerprint density at radius 3 is 1.92 bits per heavy atom. The molecule has 4 rings (SSSR count). The summed E-state index contributed by atoms with van der Waals surface area (Å²) in [5, 5.41) is 0. The third-order valence-corrected chi connectivity index (χ3v) is 4.66. The maximum atomic E-state index is 4.40. The fraction of sp³-hybridized carbons (Fsp3) is 0.0417. The van der Waals surface area contributed by atoms with Crippen LogP contribution >= 0.6 is 0 Å². The number of rotatable bonds is 2. The highest BCUT2D eigenvalue weighted by molar-refractivity contribution is 6.08. The van der Waals surface area contributed by atoms with Gasteiger partial charge >= 0.3 is 0 Å². The van der Waals surface area contributed by atoms with Crippen molar-refractivity contribution in [2.45, 2.75) is 6.92 Å². The smallest absolute Gasteiger partial charge is 0.0352 e. The van der Waals surface area contributed by atoms with E-state index in [-0.39, 0.29) is 0 Å². The van der Waals surface area contributed by atoms with Crippen molar-refractivity contribution in [1.82, 2.24) is 4.98 Å². The number of nitrogens with zero attached hydrogens (tertiary/aromatic N) is 1. The molecule has 0 saturated carbocycles. The van der Waals surface area contributed by atoms with Crippen LogP contribution in [0.5, 0.6) is 0 Å². The Balaban J connectivity index is 2.23. The lowest BCUT2D eigenvalue weighted by atomic mass is 9.81. The van der Waals surface area contributed by atoms with Crippen molar-refractivity contribution < 1.29 is 0 Å². The number of hydrogen-bond acceptors (Lipinski definition) is 1. The van der Waals surface area contributed by atoms with Gasteiger partial charge in [-0.1, -0.05) is 73.3 Å². The van der Waals surface area contributed by atoms with Crippen molar-refractivity contribution >= 4 is 11.1 Å². The van der Waals surface area contributed by atoms with Gasteiger partial charge in [0, 0.05) is 18.0 Å². The van der Waals surface area contributed by atoms with Crippen molar-refractivity contribution in [2.24, 2.45) is 0 Å². The van der Waals surface area contributed by atoms with Crippen LogP contribution < -0.4 is 0 Å². The molecule has 0 unspecified atom stereocenters. The number of aromatic nitrogens is 1. The SMILES string of the molecule is C=C/C1=C(\C=C/C)c2ccccc2-c2cnccc2-c2ccccc21. The Hall–Kier alpha value is -3.19. The van der Waals surface area contributed by atoms with Gasteiger partial charge in [-0.05, 0) is 52.0 Å². The van der Waals surface area contributed by atoms with Crippen LogP contribution in [0.25, 0.3) is 33.4 Å². The number of hydrogen-bond donors (Lipinski definition) is 0. The highest BCUT2D eigenvalue weighted by Gasteiger charge is 2.21. The molecule has 0 fully saturated rings. The molecule has 1 aliphatic carbocycles. The van der Waals surface area contributed by atoms with Crippen molar-refractivity contribution in [1.29, 1.82) is 0 Å². The van der Waals surface area contributed by atoms with Crippen LogP contribution in [0.4, 0.5) is 0 Å². The topological polar surface area (TPSA) is 12.9 Å². The van der Waals surface area contributed by atoms with Gasteiger partial charge in [-0.25, -0.2) is 0 Å². The van der Waals surface area contributed by atoms with Crippen LogP contribution in [-0.2, 0) is 0 Å². The van der Waals surface area contributed by atoms with Gasteiger partial charge in [0.25, 0.3) is 0 Å². The molecule has 0 N–H and O–H groups in total. The Labute approximate surface area is 148 Å². The summed E-state index contributed by atoms with van der Waals surface area (Å²) in [5.74, 6) is 0. The van der Waals surface area contributed by atoms with Crippen LogP contribution in [0.2, 0.25) is 0 Å². The highest BCUT2D eigenvalue weighted by Crippen LogP contribution is 2.44. The average Bonchev–Trinajstić information content (AvgIpc) is 2.67. The molecule has 1 heteroatoms. The predicted octanol–water partition coefficient (Wildman–Crippen LogP) is 6.40. The van der Waals surface area contributed by atoms with Crippen molar-refractivity contribution in [3.05, 3.63) is 103 Å². The van der Waals surface area contributed by atoms with E-state index in [1.807, 2.05) is 18.5 Å². The van der Waals surface area contributed by atoms with Crippen molar-refractivity contribution in [3.8, 4) is 22.3 Å². The van der Waals surface area contributed by atoms with E-state index in [0.717, 1.165) is 11.1 Å². The van der Waals surface area contributed by atoms with Crippen LogP contribution in [0.1, 0.15) is 18.1 Å². The molecule has 0 radical (unpaired) electrons. The van der Waals surface area contributed by atoms with Gasteiger partial charge in [0.05, 0.1) is 0 Å². The predicted molar refractivity (Wildman–Crippen MR) is 107 cm³/mol. The van der Waals surface area contributed by atoms with Crippen LogP contribution in [0.15, 0.2) is 91.8 Å². The molecule has 1 aromatic heterocycles. The normalized spacial score (nSPS) is 15.7. The summed E-state index contributed by atoms with van der Waals surface area (Å²) in [6.45, 7) is 6.16. The van der Waals surface area contributed by atoms with Crippen molar-refractivity contribution in [2.75, 3.05) is 0 Å². The molecule has 0 aliphatic heterocycles. The zero-order valence-corrected chi connectivity index (χ0v) is 14.2. The number of allylic oxidation sites excluding steroid dienone is 5. The molecule has 1 aliphatic rings. The van der Waals surface area contributed by atoms with Gasteiger partial charge in [0.15, 0.2) is 0 Å². The van der Waals surface area contributed by atoms with E-state index in [0.29, 0.717) is 0 Å². The third-order valence-electron chi connectivity index (χ3n) is 4.66. The summed E-state index contributed by atoms with van der Waals surface area (Å²) in [6.07, 6.45) is 10.1. The first-order valence-electron chi connectivity index (χ1n) is 8.48. The first-order chi connectivity index (χ1) is 12.3. The van der Waals surface area contributed by atoms with Crippen molar-refractivity contribution in [3.63, 3.8) is 0 Å². The number of fused-ring (bicyclic) bond motifs is 5. The first-order valence-corrected chi connectivity index (χ1v) is 8.48. The summed E-state index contributed by atoms with van der Waals surface area (Å²) in [4.78, 5) is 4.40. The molecule has 2 aromatic carbocycles. The monoisotopic (exact) mass is 321 g/mol. The van der Waals surface area contributed by atoms with Gasteiger partial charge in [-0.2, -0.15) is 0 Å². The fourth-order valence-electron chi connectivity index (χ4n) is 3.61. The highest BCUT2D eigenvalue weighted by atomic mass is 14.6. The largest absolute Gasteiger partial charge is 0.264 e. The molecular weight excluding hydrogens is 302 g/mol. The van der Waals surface area contributed by atoms with Crippen LogP contribution in [-0.4, -0.2) is 4.98 Å². The van der Waals surface area contributed by atoms with Gasteiger partial charge in [0.2, 0.25) is 0 Å². The van der Waals surface area contributed by atoms with E-state index >= 15 is 0 Å². The lowest BCUT2D eigenvalue weighted by Gasteiger charge is -2.22. The van der Waals surface area contributed by atoms with E-state index in [1.54, 1.807) is 0 Å². The van der Waals surface area contributed by atoms with E-state index in [4.69, 9.17) is 0 Å². The molecule has 120 valence electrons. The average molecular weight is 321 g/mol. The van der Waals surface area contributed by atoms with E-state index in [9.17, 15) is 0 Å². The van der Waals surface area contributed by atoms with E-state index in [1.165, 1.54) is 33.4 Å². The molecule has 0 spiro atoms. The summed E-state index contributed by atoms with van der Waals surface area (Å²) in [6, 6.07) is 19.2. The van der Waals surface area contributed by atoms with E-state index in [2.05, 4.69) is 85.2 Å². The number of pyridine rings is 1. The fourth-order valence-corrected chi connectivity index (χ4v) is 3.61. The van der Waals surface area contributed by atoms with Crippen LogP contribution in [0, 0.1) is 0 Å². The second-order valence-electron chi connectivity index (χ2n) is 6.04. The van der Waals surface area contributed by atoms with Gasteiger partial charge in [0.1, 0.15) is 0 Å². The zero-order valence-electron chi connectivity index (χ0n) is 14.2. The Morgan fingerprint density at radius 2 is 1.28 bits per heavy atom. The molecule has 0 bridgehead atoms. The molecule has 25 heavy (non-hydrogen) atoms. The second kappa shape index (κ2) is 6.37.